The summed E-state index contributed by atoms with van der Waals surface area (Å²) in [6.45, 7) is 6.79. The van der Waals surface area contributed by atoms with Crippen LogP contribution in [-0.4, -0.2) is 27.1 Å². The van der Waals surface area contributed by atoms with E-state index in [9.17, 15) is 9.90 Å². The van der Waals surface area contributed by atoms with Crippen LogP contribution in [0.4, 0.5) is 0 Å². The van der Waals surface area contributed by atoms with Crippen LogP contribution in [0.3, 0.4) is 0 Å². The van der Waals surface area contributed by atoms with Gasteiger partial charge in [-0.2, -0.15) is 0 Å². The molecule has 173 valence electrons. The van der Waals surface area contributed by atoms with Crippen LogP contribution in [0.15, 0.2) is 0 Å². The van der Waals surface area contributed by atoms with Gasteiger partial charge in [-0.1, -0.05) is 45.4 Å². The minimum atomic E-state index is -0.913. The van der Waals surface area contributed by atoms with Crippen molar-refractivity contribution < 1.29 is 9.90 Å². The topological polar surface area (TPSA) is 40.1 Å². The van der Waals surface area contributed by atoms with E-state index < -0.39 is 5.97 Å². The van der Waals surface area contributed by atoms with Gasteiger partial charge < -0.3 is 9.90 Å². The van der Waals surface area contributed by atoms with E-state index in [4.69, 9.17) is 0 Å². The molecule has 0 spiro atoms. The minimum absolute atomic E-state index is 0.0736. The van der Waals surface area contributed by atoms with Gasteiger partial charge in [0.05, 0.1) is 0 Å². The van der Waals surface area contributed by atoms with E-state index in [0.717, 1.165) is 12.8 Å². The predicted octanol–water partition coefficient (Wildman–Crippen LogP) is 8.13. The van der Waals surface area contributed by atoms with Gasteiger partial charge >= 0.3 is 121 Å². The second kappa shape index (κ2) is 30.5. The molecular weight excluding hydrogens is 463 g/mol. The van der Waals surface area contributed by atoms with Gasteiger partial charge in [-0.3, -0.25) is 0 Å². The molecule has 0 saturated carbocycles. The van der Waals surface area contributed by atoms with Crippen molar-refractivity contribution in [3.63, 3.8) is 0 Å². The van der Waals surface area contributed by atoms with E-state index in [-0.39, 0.29) is 27.6 Å². The van der Waals surface area contributed by atoms with Crippen LogP contribution in [0, 0.1) is 0 Å². The van der Waals surface area contributed by atoms with Gasteiger partial charge in [-0.25, -0.2) is 0 Å². The second-order valence-electron chi connectivity index (χ2n) is 8.53. The Balaban J connectivity index is 0. The average molecular weight is 516 g/mol. The molecule has 0 aromatic carbocycles. The zero-order chi connectivity index (χ0) is 21.8. The Hall–Kier alpha value is 0.269. The molecule has 0 unspecified atom stereocenters. The summed E-state index contributed by atoms with van der Waals surface area (Å²) < 4.78 is 3.31. The number of carboxylic acids is 1. The summed E-state index contributed by atoms with van der Waals surface area (Å²) in [4.78, 5) is 10.0. The fourth-order valence-corrected chi connectivity index (χ4v) is 6.98. The van der Waals surface area contributed by atoms with Crippen molar-refractivity contribution in [2.75, 3.05) is 0 Å². The van der Waals surface area contributed by atoms with Crippen molar-refractivity contribution >= 4 is 27.1 Å². The average Bonchev–Trinajstić information content (AvgIpc) is 2.71. The first-order valence-corrected chi connectivity index (χ1v) is 17.1. The molecule has 0 aliphatic rings. The van der Waals surface area contributed by atoms with E-state index in [1.807, 2.05) is 0 Å². The van der Waals surface area contributed by atoms with Crippen molar-refractivity contribution in [3.8, 4) is 0 Å². The molecule has 0 aromatic heterocycles. The molecule has 0 heterocycles. The molecule has 0 atom stereocenters. The Bertz CT molecular complexity index is 280. The fourth-order valence-electron chi connectivity index (χ4n) is 3.41. The van der Waals surface area contributed by atoms with Gasteiger partial charge in [-0.15, -0.1) is 0 Å². The predicted molar refractivity (Wildman–Crippen MR) is 130 cm³/mol. The molecule has 0 aliphatic carbocycles. The van der Waals surface area contributed by atoms with Crippen molar-refractivity contribution in [3.05, 3.63) is 0 Å². The van der Waals surface area contributed by atoms with Crippen LogP contribution in [0.2, 0.25) is 8.87 Å². The number of carbonyl (C=O) groups excluding carboxylic acids is 1. The summed E-state index contributed by atoms with van der Waals surface area (Å²) in [5.41, 5.74) is 0. The normalized spacial score (nSPS) is 10.4. The molecule has 0 rings (SSSR count). The third-order valence-electron chi connectivity index (χ3n) is 5.40. The number of hydrogen-bond acceptors (Lipinski definition) is 2. The summed E-state index contributed by atoms with van der Waals surface area (Å²) in [5.74, 6) is -0.913. The molecule has 1 radical (unpaired) electrons. The maximum atomic E-state index is 10.0. The van der Waals surface area contributed by atoms with Gasteiger partial charge in [-0.05, 0) is 12.8 Å². The van der Waals surface area contributed by atoms with E-state index >= 15 is 0 Å². The first kappa shape index (κ1) is 31.5. The summed E-state index contributed by atoms with van der Waals surface area (Å²) in [5, 5.41) is 10.0. The van der Waals surface area contributed by atoms with E-state index in [2.05, 4.69) is 20.8 Å². The number of aliphatic carboxylic acids is 1. The Morgan fingerprint density at radius 2 is 0.828 bits per heavy atom. The van der Waals surface area contributed by atoms with Crippen molar-refractivity contribution in [2.45, 2.75) is 158 Å². The van der Waals surface area contributed by atoms with Crippen LogP contribution in [0.1, 0.15) is 149 Å². The molecule has 3 heteroatoms. The SMILES string of the molecule is CCCCCCCCCC(=O)[O-].CCCCCCC[CH2][Sn+][CH2]CCCCCCC. The van der Waals surface area contributed by atoms with E-state index in [1.165, 1.54) is 96.3 Å². The third kappa shape index (κ3) is 36.0. The quantitative estimate of drug-likeness (QED) is 0.108. The van der Waals surface area contributed by atoms with Gasteiger partial charge in [0, 0.05) is 5.97 Å². The first-order chi connectivity index (χ1) is 14.2. The maximum absolute atomic E-state index is 10.0. The summed E-state index contributed by atoms with van der Waals surface area (Å²) >= 11 is 0.0736. The number of unbranched alkanes of at least 4 members (excludes halogenated alkanes) is 16. The summed E-state index contributed by atoms with van der Waals surface area (Å²) in [6, 6.07) is 0. The number of carbonyl (C=O) groups is 1. The second-order valence-corrected chi connectivity index (χ2v) is 12.8. The molecule has 0 N–H and O–H groups in total. The van der Waals surface area contributed by atoms with Gasteiger partial charge in [0.1, 0.15) is 0 Å². The zero-order valence-corrected chi connectivity index (χ0v) is 23.2. The molecule has 2 nitrogen and oxygen atoms in total. The Morgan fingerprint density at radius 3 is 1.17 bits per heavy atom. The molecule has 0 amide bonds. The van der Waals surface area contributed by atoms with Gasteiger partial charge in [0.25, 0.3) is 0 Å². The van der Waals surface area contributed by atoms with E-state index in [1.54, 1.807) is 21.7 Å². The van der Waals surface area contributed by atoms with Gasteiger partial charge in [0.15, 0.2) is 0 Å². The van der Waals surface area contributed by atoms with Crippen LogP contribution >= 0.6 is 0 Å². The van der Waals surface area contributed by atoms with Crippen LogP contribution < -0.4 is 5.11 Å². The molecule has 0 saturated heterocycles. The Kier molecular flexibility index (Phi) is 33.0. The molecule has 0 fully saturated rings. The van der Waals surface area contributed by atoms with Crippen molar-refractivity contribution in [2.24, 2.45) is 0 Å². The molecular formula is C26H53O2Sn. The molecule has 0 aliphatic heterocycles. The van der Waals surface area contributed by atoms with Crippen molar-refractivity contribution in [1.82, 2.24) is 0 Å². The standard InChI is InChI=1S/C10H20O2.2C8H17.Sn/c1-2-3-4-5-6-7-8-9-10(11)12;2*1-3-5-7-8-6-4-2;/h2-9H2,1H3,(H,11,12);2*1,3-8H2,2H3;/q;;;+1/p-1. The third-order valence-corrected chi connectivity index (χ3v) is 9.43. The summed E-state index contributed by atoms with van der Waals surface area (Å²) in [7, 11) is 0. The van der Waals surface area contributed by atoms with Crippen molar-refractivity contribution in [1.29, 1.82) is 0 Å². The van der Waals surface area contributed by atoms with Gasteiger partial charge in [0.2, 0.25) is 0 Å². The number of rotatable bonds is 22. The molecule has 0 bridgehead atoms. The van der Waals surface area contributed by atoms with Crippen LogP contribution in [-0.2, 0) is 4.79 Å². The number of carboxylic acid groups (broad SMARTS) is 1. The first-order valence-electron chi connectivity index (χ1n) is 13.1. The summed E-state index contributed by atoms with van der Waals surface area (Å²) in [6.07, 6.45) is 26.2. The van der Waals surface area contributed by atoms with Crippen LogP contribution in [0.5, 0.6) is 0 Å². The Labute approximate surface area is 194 Å². The molecule has 29 heavy (non-hydrogen) atoms. The zero-order valence-electron chi connectivity index (χ0n) is 20.4. The van der Waals surface area contributed by atoms with E-state index in [0.29, 0.717) is 0 Å². The van der Waals surface area contributed by atoms with Crippen LogP contribution in [0.25, 0.3) is 0 Å². The molecule has 0 aromatic rings. The Morgan fingerprint density at radius 1 is 0.517 bits per heavy atom. The monoisotopic (exact) mass is 517 g/mol. The number of hydrogen-bond donors (Lipinski definition) is 0. The fraction of sp³-hybridized carbons (Fsp3) is 0.962.